The van der Waals surface area contributed by atoms with Crippen molar-refractivity contribution >= 4 is 6.16 Å². The van der Waals surface area contributed by atoms with Crippen LogP contribution in [-0.2, 0) is 9.47 Å². The van der Waals surface area contributed by atoms with Gasteiger partial charge in [0.1, 0.15) is 0 Å². The SMILES string of the molecule is O=C1OC(F)(F)C(F)(F)C(F)(F)O1. The molecule has 0 bridgehead atoms. The number of carbonyl (C=O) groups is 1. The third-order valence-electron chi connectivity index (χ3n) is 1.15. The summed E-state index contributed by atoms with van der Waals surface area (Å²) in [4.78, 5) is 9.84. The first kappa shape index (κ1) is 9.93. The van der Waals surface area contributed by atoms with Crippen molar-refractivity contribution in [1.82, 2.24) is 0 Å². The van der Waals surface area contributed by atoms with Gasteiger partial charge in [-0.15, -0.1) is 0 Å². The molecule has 1 aliphatic rings. The predicted octanol–water partition coefficient (Wildman–Crippen LogP) is 1.97. The molecule has 0 amide bonds. The van der Waals surface area contributed by atoms with E-state index in [4.69, 9.17) is 0 Å². The van der Waals surface area contributed by atoms with Crippen LogP contribution in [0.15, 0.2) is 0 Å². The van der Waals surface area contributed by atoms with Gasteiger partial charge in [-0.2, -0.15) is 26.3 Å². The van der Waals surface area contributed by atoms with Crippen LogP contribution in [0.5, 0.6) is 0 Å². The molecule has 0 atom stereocenters. The van der Waals surface area contributed by atoms with Crippen LogP contribution in [-0.4, -0.2) is 24.3 Å². The molecule has 13 heavy (non-hydrogen) atoms. The molecule has 0 radical (unpaired) electrons. The first-order valence-corrected chi connectivity index (χ1v) is 2.65. The Bertz CT molecular complexity index is 226. The lowest BCUT2D eigenvalue weighted by molar-refractivity contribution is -0.461. The number of halogens is 6. The molecule has 0 aliphatic carbocycles. The van der Waals surface area contributed by atoms with E-state index in [1.165, 1.54) is 0 Å². The summed E-state index contributed by atoms with van der Waals surface area (Å²) in [6.45, 7) is 0. The van der Waals surface area contributed by atoms with Gasteiger partial charge in [-0.25, -0.2) is 4.79 Å². The van der Waals surface area contributed by atoms with E-state index in [0.29, 0.717) is 0 Å². The molecule has 3 nitrogen and oxygen atoms in total. The molecular formula is C4F6O3. The van der Waals surface area contributed by atoms with Crippen LogP contribution >= 0.6 is 0 Å². The highest BCUT2D eigenvalue weighted by Crippen LogP contribution is 2.50. The summed E-state index contributed by atoms with van der Waals surface area (Å²) in [6.07, 6.45) is -13.7. The zero-order valence-electron chi connectivity index (χ0n) is 5.49. The molecule has 1 saturated heterocycles. The molecule has 0 N–H and O–H groups in total. The molecule has 0 unspecified atom stereocenters. The highest BCUT2D eigenvalue weighted by atomic mass is 19.4. The molecule has 0 spiro atoms. The van der Waals surface area contributed by atoms with Crippen LogP contribution in [0.25, 0.3) is 0 Å². The fourth-order valence-corrected chi connectivity index (χ4v) is 0.528. The van der Waals surface area contributed by atoms with Crippen LogP contribution < -0.4 is 0 Å². The fourth-order valence-electron chi connectivity index (χ4n) is 0.528. The Morgan fingerprint density at radius 3 is 1.46 bits per heavy atom. The van der Waals surface area contributed by atoms with Crippen molar-refractivity contribution in [2.24, 2.45) is 0 Å². The summed E-state index contributed by atoms with van der Waals surface area (Å²) in [5, 5.41) is 0. The molecule has 1 fully saturated rings. The van der Waals surface area contributed by atoms with Crippen LogP contribution in [0.2, 0.25) is 0 Å². The van der Waals surface area contributed by atoms with E-state index >= 15 is 0 Å². The Balaban J connectivity index is 3.10. The van der Waals surface area contributed by atoms with E-state index < -0.39 is 24.3 Å². The molecule has 1 rings (SSSR count). The van der Waals surface area contributed by atoms with E-state index in [1.807, 2.05) is 0 Å². The second-order valence-electron chi connectivity index (χ2n) is 2.06. The number of cyclic esters (lactones) is 2. The van der Waals surface area contributed by atoms with E-state index in [0.717, 1.165) is 0 Å². The molecule has 1 heterocycles. The number of carbonyl (C=O) groups excluding carboxylic acids is 1. The number of ether oxygens (including phenoxy) is 2. The van der Waals surface area contributed by atoms with E-state index in [9.17, 15) is 31.1 Å². The van der Waals surface area contributed by atoms with Gasteiger partial charge >= 0.3 is 24.3 Å². The zero-order chi connectivity index (χ0) is 10.5. The van der Waals surface area contributed by atoms with Gasteiger partial charge in [0.2, 0.25) is 0 Å². The van der Waals surface area contributed by atoms with Gasteiger partial charge in [-0.1, -0.05) is 0 Å². The van der Waals surface area contributed by atoms with Crippen LogP contribution in [0, 0.1) is 0 Å². The van der Waals surface area contributed by atoms with Gasteiger partial charge in [0, 0.05) is 0 Å². The first-order valence-electron chi connectivity index (χ1n) is 2.65. The quantitative estimate of drug-likeness (QED) is 0.453. The third kappa shape index (κ3) is 1.18. The molecule has 0 saturated carbocycles. The van der Waals surface area contributed by atoms with E-state index in [2.05, 4.69) is 9.47 Å². The minimum absolute atomic E-state index is 2.55. The lowest BCUT2D eigenvalue weighted by Gasteiger charge is -2.34. The molecule has 76 valence electrons. The Morgan fingerprint density at radius 1 is 0.846 bits per heavy atom. The van der Waals surface area contributed by atoms with Crippen molar-refractivity contribution in [1.29, 1.82) is 0 Å². The Labute approximate surface area is 66.2 Å². The summed E-state index contributed by atoms with van der Waals surface area (Å²) in [7, 11) is 0. The minimum Gasteiger partial charge on any atom is -0.363 e. The summed E-state index contributed by atoms with van der Waals surface area (Å²) in [6, 6.07) is 0. The average Bonchev–Trinajstić information content (AvgIpc) is 1.80. The molecule has 0 aromatic heterocycles. The Hall–Kier alpha value is -1.15. The van der Waals surface area contributed by atoms with Crippen LogP contribution in [0.3, 0.4) is 0 Å². The maximum Gasteiger partial charge on any atom is 0.518 e. The standard InChI is InChI=1S/C4F6O3/c5-2(6)3(7,8)12-1(11)13-4(2,9)10. The molecule has 0 aromatic rings. The minimum atomic E-state index is -5.88. The first-order chi connectivity index (χ1) is 5.60. The van der Waals surface area contributed by atoms with Gasteiger partial charge in [0.05, 0.1) is 0 Å². The van der Waals surface area contributed by atoms with Crippen molar-refractivity contribution in [3.8, 4) is 0 Å². The lowest BCUT2D eigenvalue weighted by atomic mass is 10.3. The maximum atomic E-state index is 12.0. The van der Waals surface area contributed by atoms with E-state index in [1.54, 1.807) is 0 Å². The van der Waals surface area contributed by atoms with Crippen LogP contribution in [0.1, 0.15) is 0 Å². The second-order valence-corrected chi connectivity index (χ2v) is 2.06. The summed E-state index contributed by atoms with van der Waals surface area (Å²) >= 11 is 0. The summed E-state index contributed by atoms with van der Waals surface area (Å²) in [5.74, 6) is -5.88. The Morgan fingerprint density at radius 2 is 1.15 bits per heavy atom. The summed E-state index contributed by atoms with van der Waals surface area (Å²) in [5.41, 5.74) is 0. The fraction of sp³-hybridized carbons (Fsp3) is 0.750. The van der Waals surface area contributed by atoms with E-state index in [-0.39, 0.29) is 0 Å². The lowest BCUT2D eigenvalue weighted by Crippen LogP contribution is -2.62. The molecular weight excluding hydrogens is 210 g/mol. The number of rotatable bonds is 0. The molecule has 1 aliphatic heterocycles. The van der Waals surface area contributed by atoms with Gasteiger partial charge in [0.15, 0.2) is 0 Å². The van der Waals surface area contributed by atoms with Crippen molar-refractivity contribution in [2.75, 3.05) is 0 Å². The normalized spacial score (nSPS) is 28.9. The van der Waals surface area contributed by atoms with Crippen molar-refractivity contribution < 1.29 is 40.6 Å². The average molecular weight is 210 g/mol. The highest BCUT2D eigenvalue weighted by molar-refractivity contribution is 5.62. The largest absolute Gasteiger partial charge is 0.518 e. The predicted molar refractivity (Wildman–Crippen MR) is 22.4 cm³/mol. The van der Waals surface area contributed by atoms with Crippen molar-refractivity contribution in [2.45, 2.75) is 18.1 Å². The van der Waals surface area contributed by atoms with Gasteiger partial charge in [0.25, 0.3) is 0 Å². The van der Waals surface area contributed by atoms with Crippen molar-refractivity contribution in [3.63, 3.8) is 0 Å². The van der Waals surface area contributed by atoms with Crippen molar-refractivity contribution in [3.05, 3.63) is 0 Å². The third-order valence-corrected chi connectivity index (χ3v) is 1.15. The smallest absolute Gasteiger partial charge is 0.363 e. The maximum absolute atomic E-state index is 12.0. The van der Waals surface area contributed by atoms with Gasteiger partial charge in [-0.05, 0) is 0 Å². The molecule has 9 heteroatoms. The number of alkyl halides is 6. The van der Waals surface area contributed by atoms with Gasteiger partial charge < -0.3 is 9.47 Å². The highest BCUT2D eigenvalue weighted by Gasteiger charge is 2.81. The Kier molecular flexibility index (Phi) is 1.68. The molecule has 0 aromatic carbocycles. The second kappa shape index (κ2) is 2.20. The summed E-state index contributed by atoms with van der Waals surface area (Å²) < 4.78 is 77.2. The topological polar surface area (TPSA) is 35.5 Å². The monoisotopic (exact) mass is 210 g/mol. The van der Waals surface area contributed by atoms with Gasteiger partial charge in [-0.3, -0.25) is 0 Å². The number of hydrogen-bond acceptors (Lipinski definition) is 3. The van der Waals surface area contributed by atoms with Crippen LogP contribution in [0.4, 0.5) is 31.1 Å². The zero-order valence-corrected chi connectivity index (χ0v) is 5.49. The number of hydrogen-bond donors (Lipinski definition) is 0.